The number of imidazole rings is 1. The van der Waals surface area contributed by atoms with Gasteiger partial charge in [-0.2, -0.15) is 0 Å². The molecule has 0 saturated heterocycles. The first-order chi connectivity index (χ1) is 7.19. The lowest BCUT2D eigenvalue weighted by atomic mass is 10.3. The van der Waals surface area contributed by atoms with Crippen molar-refractivity contribution in [2.24, 2.45) is 0 Å². The topological polar surface area (TPSA) is 53.0 Å². The molecule has 0 saturated carbocycles. The van der Waals surface area contributed by atoms with Crippen molar-refractivity contribution in [2.75, 3.05) is 5.73 Å². The Bertz CT molecular complexity index is 556. The van der Waals surface area contributed by atoms with E-state index >= 15 is 0 Å². The average molecular weight is 242 g/mol. The van der Waals surface area contributed by atoms with Crippen LogP contribution in [0.3, 0.4) is 0 Å². The van der Waals surface area contributed by atoms with Crippen LogP contribution in [0.15, 0.2) is 23.0 Å². The number of rotatable bonds is 2. The fourth-order valence-electron chi connectivity index (χ4n) is 1.95. The number of nitrogens with two attached hydrogens (primary N) is 1. The van der Waals surface area contributed by atoms with Crippen LogP contribution in [-0.2, 0) is 13.1 Å². The Morgan fingerprint density at radius 2 is 1.69 bits per heavy atom. The Hall–Kier alpha value is -1.42. The number of hydrogen-bond acceptors (Lipinski definition) is 2. The van der Waals surface area contributed by atoms with E-state index in [4.69, 9.17) is 5.73 Å². The molecular formula is C11H16ClN3O. The van der Waals surface area contributed by atoms with E-state index in [1.165, 1.54) is 0 Å². The molecular weight excluding hydrogens is 226 g/mol. The summed E-state index contributed by atoms with van der Waals surface area (Å²) in [4.78, 5) is 11.9. The van der Waals surface area contributed by atoms with Crippen LogP contribution < -0.4 is 11.4 Å². The van der Waals surface area contributed by atoms with E-state index in [-0.39, 0.29) is 18.1 Å². The molecule has 0 spiro atoms. The molecule has 0 amide bonds. The van der Waals surface area contributed by atoms with E-state index in [1.54, 1.807) is 9.13 Å². The van der Waals surface area contributed by atoms with Gasteiger partial charge in [-0.3, -0.25) is 9.13 Å². The van der Waals surface area contributed by atoms with Crippen LogP contribution in [0.2, 0.25) is 0 Å². The molecule has 0 radical (unpaired) electrons. The molecule has 4 nitrogen and oxygen atoms in total. The third kappa shape index (κ3) is 1.69. The zero-order valence-corrected chi connectivity index (χ0v) is 10.3. The highest BCUT2D eigenvalue weighted by molar-refractivity contribution is 5.85. The van der Waals surface area contributed by atoms with Gasteiger partial charge in [0.05, 0.1) is 11.0 Å². The molecule has 0 aliphatic rings. The summed E-state index contributed by atoms with van der Waals surface area (Å²) in [5.41, 5.74) is 8.34. The van der Waals surface area contributed by atoms with Crippen LogP contribution in [0, 0.1) is 0 Å². The van der Waals surface area contributed by atoms with Crippen LogP contribution in [0.25, 0.3) is 11.0 Å². The second-order valence-corrected chi connectivity index (χ2v) is 3.52. The quantitative estimate of drug-likeness (QED) is 0.816. The van der Waals surface area contributed by atoms with E-state index < -0.39 is 0 Å². The summed E-state index contributed by atoms with van der Waals surface area (Å²) in [6.45, 7) is 5.29. The Kier molecular flexibility index (Phi) is 3.65. The first kappa shape index (κ1) is 12.6. The summed E-state index contributed by atoms with van der Waals surface area (Å²) in [7, 11) is 0. The molecule has 2 aromatic rings. The summed E-state index contributed by atoms with van der Waals surface area (Å²) >= 11 is 0. The van der Waals surface area contributed by atoms with Crippen LogP contribution >= 0.6 is 12.4 Å². The number of aromatic nitrogens is 2. The lowest BCUT2D eigenvalue weighted by Crippen LogP contribution is -2.23. The number of aryl methyl sites for hydroxylation is 2. The number of fused-ring (bicyclic) bond motifs is 1. The van der Waals surface area contributed by atoms with E-state index in [9.17, 15) is 4.79 Å². The lowest BCUT2D eigenvalue weighted by molar-refractivity contribution is 0.671. The minimum atomic E-state index is 0. The Balaban J connectivity index is 0.00000128. The smallest absolute Gasteiger partial charge is 0.329 e. The van der Waals surface area contributed by atoms with Gasteiger partial charge in [0.15, 0.2) is 0 Å². The molecule has 0 aliphatic heterocycles. The second kappa shape index (κ2) is 4.61. The average Bonchev–Trinajstić information content (AvgIpc) is 2.48. The molecule has 0 atom stereocenters. The molecule has 0 fully saturated rings. The highest BCUT2D eigenvalue weighted by atomic mass is 35.5. The minimum absolute atomic E-state index is 0. The van der Waals surface area contributed by atoms with Crippen molar-refractivity contribution in [1.82, 2.24) is 9.13 Å². The van der Waals surface area contributed by atoms with Crippen molar-refractivity contribution in [3.05, 3.63) is 28.7 Å². The zero-order chi connectivity index (χ0) is 11.0. The largest absolute Gasteiger partial charge is 0.399 e. The molecule has 2 rings (SSSR count). The highest BCUT2D eigenvalue weighted by Gasteiger charge is 2.10. The normalized spacial score (nSPS) is 10.4. The summed E-state index contributed by atoms with van der Waals surface area (Å²) in [6, 6.07) is 5.59. The molecule has 5 heteroatoms. The van der Waals surface area contributed by atoms with Gasteiger partial charge in [0.25, 0.3) is 0 Å². The maximum absolute atomic E-state index is 11.9. The van der Waals surface area contributed by atoms with Crippen molar-refractivity contribution in [1.29, 1.82) is 0 Å². The van der Waals surface area contributed by atoms with E-state index in [2.05, 4.69) is 0 Å². The zero-order valence-electron chi connectivity index (χ0n) is 9.43. The minimum Gasteiger partial charge on any atom is -0.399 e. The Morgan fingerprint density at radius 1 is 1.12 bits per heavy atom. The fraction of sp³-hybridized carbons (Fsp3) is 0.364. The Morgan fingerprint density at radius 3 is 2.25 bits per heavy atom. The predicted octanol–water partition coefficient (Wildman–Crippen LogP) is 1.85. The number of halogens is 1. The number of nitrogens with zero attached hydrogens (tertiary/aromatic N) is 2. The van der Waals surface area contributed by atoms with Crippen LogP contribution in [0.5, 0.6) is 0 Å². The molecule has 16 heavy (non-hydrogen) atoms. The first-order valence-electron chi connectivity index (χ1n) is 5.17. The number of anilines is 1. The SMILES string of the molecule is CCn1c(=O)n(CC)c2cc(N)ccc21.Cl. The van der Waals surface area contributed by atoms with Gasteiger partial charge in [-0.05, 0) is 32.0 Å². The van der Waals surface area contributed by atoms with Crippen molar-refractivity contribution in [3.8, 4) is 0 Å². The predicted molar refractivity (Wildman–Crippen MR) is 69.2 cm³/mol. The van der Waals surface area contributed by atoms with Gasteiger partial charge in [0, 0.05) is 18.8 Å². The van der Waals surface area contributed by atoms with E-state index in [0.29, 0.717) is 18.8 Å². The van der Waals surface area contributed by atoms with Crippen molar-refractivity contribution < 1.29 is 0 Å². The molecule has 1 aromatic heterocycles. The van der Waals surface area contributed by atoms with Gasteiger partial charge in [-0.15, -0.1) is 12.4 Å². The summed E-state index contributed by atoms with van der Waals surface area (Å²) in [6.07, 6.45) is 0. The summed E-state index contributed by atoms with van der Waals surface area (Å²) in [5, 5.41) is 0. The van der Waals surface area contributed by atoms with Gasteiger partial charge < -0.3 is 5.73 Å². The summed E-state index contributed by atoms with van der Waals surface area (Å²) < 4.78 is 3.51. The van der Waals surface area contributed by atoms with Crippen molar-refractivity contribution >= 4 is 29.1 Å². The van der Waals surface area contributed by atoms with Crippen LogP contribution in [0.4, 0.5) is 5.69 Å². The first-order valence-corrected chi connectivity index (χ1v) is 5.17. The van der Waals surface area contributed by atoms with Gasteiger partial charge in [0.1, 0.15) is 0 Å². The number of nitrogen functional groups attached to an aromatic ring is 1. The number of benzene rings is 1. The van der Waals surface area contributed by atoms with Crippen LogP contribution in [-0.4, -0.2) is 9.13 Å². The molecule has 2 N–H and O–H groups in total. The highest BCUT2D eigenvalue weighted by Crippen LogP contribution is 2.16. The van der Waals surface area contributed by atoms with Gasteiger partial charge in [-0.1, -0.05) is 0 Å². The molecule has 0 bridgehead atoms. The van der Waals surface area contributed by atoms with E-state index in [1.807, 2.05) is 32.0 Å². The van der Waals surface area contributed by atoms with E-state index in [0.717, 1.165) is 11.0 Å². The fourth-order valence-corrected chi connectivity index (χ4v) is 1.95. The second-order valence-electron chi connectivity index (χ2n) is 3.52. The van der Waals surface area contributed by atoms with Crippen LogP contribution in [0.1, 0.15) is 13.8 Å². The lowest BCUT2D eigenvalue weighted by Gasteiger charge is -1.98. The molecule has 1 aromatic carbocycles. The maximum atomic E-state index is 11.9. The molecule has 1 heterocycles. The van der Waals surface area contributed by atoms with Gasteiger partial charge in [-0.25, -0.2) is 4.79 Å². The van der Waals surface area contributed by atoms with Gasteiger partial charge in [0.2, 0.25) is 0 Å². The molecule has 0 unspecified atom stereocenters. The molecule has 88 valence electrons. The van der Waals surface area contributed by atoms with Crippen molar-refractivity contribution in [3.63, 3.8) is 0 Å². The molecule has 0 aliphatic carbocycles. The third-order valence-corrected chi connectivity index (χ3v) is 2.68. The van der Waals surface area contributed by atoms with Crippen molar-refractivity contribution in [2.45, 2.75) is 26.9 Å². The Labute approximate surface area is 100 Å². The summed E-state index contributed by atoms with van der Waals surface area (Å²) in [5.74, 6) is 0. The monoisotopic (exact) mass is 241 g/mol. The maximum Gasteiger partial charge on any atom is 0.329 e. The number of hydrogen-bond donors (Lipinski definition) is 1. The third-order valence-electron chi connectivity index (χ3n) is 2.68. The standard InChI is InChI=1S/C11H15N3O.ClH/c1-3-13-9-6-5-8(12)7-10(9)14(4-2)11(13)15;/h5-7H,3-4,12H2,1-2H3;1H. The van der Waals surface area contributed by atoms with Gasteiger partial charge >= 0.3 is 5.69 Å².